The number of nitrogens with zero attached hydrogens (tertiary/aromatic N) is 1. The fourth-order valence-corrected chi connectivity index (χ4v) is 2.25. The van der Waals surface area contributed by atoms with Gasteiger partial charge in [0.1, 0.15) is 5.78 Å². The first-order valence-electron chi connectivity index (χ1n) is 5.58. The Morgan fingerprint density at radius 3 is 2.50 bits per heavy atom. The van der Waals surface area contributed by atoms with Gasteiger partial charge in [0.05, 0.1) is 13.2 Å². The minimum Gasteiger partial charge on any atom is -0.395 e. The van der Waals surface area contributed by atoms with Crippen LogP contribution in [-0.2, 0) is 4.79 Å². The number of carbonyl (C=O) groups is 1. The highest BCUT2D eigenvalue weighted by Crippen LogP contribution is 2.22. The summed E-state index contributed by atoms with van der Waals surface area (Å²) in [5, 5.41) is 8.93. The maximum Gasteiger partial charge on any atom is 0.143 e. The van der Waals surface area contributed by atoms with E-state index in [0.717, 1.165) is 0 Å². The molecule has 0 heterocycles. The molecule has 0 bridgehead atoms. The fourth-order valence-electron chi connectivity index (χ4n) is 2.25. The Morgan fingerprint density at radius 1 is 1.36 bits per heavy atom. The van der Waals surface area contributed by atoms with Crippen LogP contribution in [0, 0.1) is 0 Å². The number of aliphatic hydroxyl groups excluding tert-OH is 1. The van der Waals surface area contributed by atoms with Crippen molar-refractivity contribution >= 4 is 5.78 Å². The molecule has 0 aromatic rings. The smallest absolute Gasteiger partial charge is 0.143 e. The van der Waals surface area contributed by atoms with Gasteiger partial charge in [-0.3, -0.25) is 9.69 Å². The topological polar surface area (TPSA) is 40.5 Å². The van der Waals surface area contributed by atoms with Gasteiger partial charge in [-0.25, -0.2) is 0 Å². The number of aliphatic hydroxyl groups is 1. The fraction of sp³-hybridized carbons (Fsp3) is 0.909. The second-order valence-electron chi connectivity index (χ2n) is 4.19. The highest BCUT2D eigenvalue weighted by Gasteiger charge is 2.21. The minimum atomic E-state index is 0.157. The molecule has 0 aromatic carbocycles. The molecule has 3 nitrogen and oxygen atoms in total. The predicted molar refractivity (Wildman–Crippen MR) is 56.2 cm³/mol. The zero-order valence-corrected chi connectivity index (χ0v) is 9.04. The summed E-state index contributed by atoms with van der Waals surface area (Å²) in [6, 6.07) is 0.528. The van der Waals surface area contributed by atoms with Crippen molar-refractivity contribution in [1.29, 1.82) is 0 Å². The third kappa shape index (κ3) is 3.76. The van der Waals surface area contributed by atoms with Gasteiger partial charge < -0.3 is 5.11 Å². The van der Waals surface area contributed by atoms with Crippen LogP contribution in [0.15, 0.2) is 0 Å². The lowest BCUT2D eigenvalue weighted by molar-refractivity contribution is -0.119. The van der Waals surface area contributed by atoms with E-state index in [0.29, 0.717) is 19.1 Å². The van der Waals surface area contributed by atoms with Gasteiger partial charge in [-0.15, -0.1) is 0 Å². The number of ketones is 1. The second kappa shape index (κ2) is 6.14. The van der Waals surface area contributed by atoms with Gasteiger partial charge in [0.2, 0.25) is 0 Å². The van der Waals surface area contributed by atoms with Crippen molar-refractivity contribution in [3.8, 4) is 0 Å². The lowest BCUT2D eigenvalue weighted by Crippen LogP contribution is -2.41. The molecule has 0 aromatic heterocycles. The summed E-state index contributed by atoms with van der Waals surface area (Å²) in [5.41, 5.74) is 0. The summed E-state index contributed by atoms with van der Waals surface area (Å²) in [6.45, 7) is 2.92. The van der Waals surface area contributed by atoms with E-state index in [1.807, 2.05) is 0 Å². The summed E-state index contributed by atoms with van der Waals surface area (Å²) in [4.78, 5) is 13.2. The van der Waals surface area contributed by atoms with Crippen LogP contribution < -0.4 is 0 Å². The van der Waals surface area contributed by atoms with Crippen LogP contribution in [0.25, 0.3) is 0 Å². The summed E-state index contributed by atoms with van der Waals surface area (Å²) in [6.07, 6.45) is 6.24. The van der Waals surface area contributed by atoms with Crippen LogP contribution in [0.4, 0.5) is 0 Å². The number of hydrogen-bond acceptors (Lipinski definition) is 3. The Bertz CT molecular complexity index is 176. The molecule has 0 saturated heterocycles. The maximum absolute atomic E-state index is 11.0. The van der Waals surface area contributed by atoms with Crippen LogP contribution in [-0.4, -0.2) is 41.5 Å². The van der Waals surface area contributed by atoms with Crippen LogP contribution >= 0.6 is 0 Å². The molecule has 1 aliphatic carbocycles. The number of Topliss-reactive ketones (excluding diaryl/α,β-unsaturated/α-hetero) is 1. The standard InChI is InChI=1S/C11H21NO2/c1-10(14)9-12(7-8-13)11-5-3-2-4-6-11/h11,13H,2-9H2,1H3. The molecule has 3 heteroatoms. The molecule has 1 fully saturated rings. The molecule has 1 saturated carbocycles. The minimum absolute atomic E-state index is 0.157. The molecule has 0 unspecified atom stereocenters. The molecule has 1 rings (SSSR count). The van der Waals surface area contributed by atoms with Crippen molar-refractivity contribution < 1.29 is 9.90 Å². The molecule has 82 valence electrons. The first kappa shape index (κ1) is 11.7. The molecule has 14 heavy (non-hydrogen) atoms. The van der Waals surface area contributed by atoms with Crippen LogP contribution in [0.3, 0.4) is 0 Å². The summed E-state index contributed by atoms with van der Waals surface area (Å²) < 4.78 is 0. The van der Waals surface area contributed by atoms with Gasteiger partial charge >= 0.3 is 0 Å². The normalized spacial score (nSPS) is 18.8. The van der Waals surface area contributed by atoms with Crippen molar-refractivity contribution in [2.45, 2.75) is 45.1 Å². The van der Waals surface area contributed by atoms with Crippen molar-refractivity contribution in [2.24, 2.45) is 0 Å². The monoisotopic (exact) mass is 199 g/mol. The Hall–Kier alpha value is -0.410. The number of rotatable bonds is 5. The zero-order valence-electron chi connectivity index (χ0n) is 9.04. The van der Waals surface area contributed by atoms with Gasteiger partial charge in [-0.1, -0.05) is 19.3 Å². The van der Waals surface area contributed by atoms with E-state index in [2.05, 4.69) is 4.90 Å². The van der Waals surface area contributed by atoms with Gasteiger partial charge in [-0.2, -0.15) is 0 Å². The largest absolute Gasteiger partial charge is 0.395 e. The zero-order chi connectivity index (χ0) is 10.4. The first-order chi connectivity index (χ1) is 6.74. The number of carbonyl (C=O) groups excluding carboxylic acids is 1. The highest BCUT2D eigenvalue weighted by atomic mass is 16.3. The van der Waals surface area contributed by atoms with Gasteiger partial charge in [0.15, 0.2) is 0 Å². The molecule has 0 spiro atoms. The summed E-state index contributed by atoms with van der Waals surface area (Å²) in [5.74, 6) is 0.198. The van der Waals surface area contributed by atoms with Crippen LogP contribution in [0.5, 0.6) is 0 Å². The van der Waals surface area contributed by atoms with E-state index < -0.39 is 0 Å². The Labute approximate surface area is 86.1 Å². The lowest BCUT2D eigenvalue weighted by Gasteiger charge is -2.33. The van der Waals surface area contributed by atoms with Crippen LogP contribution in [0.1, 0.15) is 39.0 Å². The van der Waals surface area contributed by atoms with E-state index in [1.165, 1.54) is 32.1 Å². The molecule has 1 N–H and O–H groups in total. The lowest BCUT2D eigenvalue weighted by atomic mass is 9.94. The third-order valence-corrected chi connectivity index (χ3v) is 2.90. The van der Waals surface area contributed by atoms with E-state index in [-0.39, 0.29) is 12.4 Å². The summed E-state index contributed by atoms with van der Waals surface area (Å²) in [7, 11) is 0. The second-order valence-corrected chi connectivity index (χ2v) is 4.19. The third-order valence-electron chi connectivity index (χ3n) is 2.90. The van der Waals surface area contributed by atoms with E-state index in [9.17, 15) is 4.79 Å². The quantitative estimate of drug-likeness (QED) is 0.723. The first-order valence-corrected chi connectivity index (χ1v) is 5.58. The number of hydrogen-bond donors (Lipinski definition) is 1. The average molecular weight is 199 g/mol. The van der Waals surface area contributed by atoms with Crippen molar-refractivity contribution in [2.75, 3.05) is 19.7 Å². The Balaban J connectivity index is 2.42. The molecule has 0 radical (unpaired) electrons. The van der Waals surface area contributed by atoms with Crippen molar-refractivity contribution in [3.63, 3.8) is 0 Å². The molecule has 0 amide bonds. The SMILES string of the molecule is CC(=O)CN(CCO)C1CCCCC1. The van der Waals surface area contributed by atoms with Crippen LogP contribution in [0.2, 0.25) is 0 Å². The van der Waals surface area contributed by atoms with E-state index in [4.69, 9.17) is 5.11 Å². The van der Waals surface area contributed by atoms with E-state index in [1.54, 1.807) is 6.92 Å². The van der Waals surface area contributed by atoms with E-state index >= 15 is 0 Å². The maximum atomic E-state index is 11.0. The highest BCUT2D eigenvalue weighted by molar-refractivity contribution is 5.77. The Morgan fingerprint density at radius 2 is 2.00 bits per heavy atom. The molecular weight excluding hydrogens is 178 g/mol. The van der Waals surface area contributed by atoms with Crippen molar-refractivity contribution in [1.82, 2.24) is 4.90 Å². The molecule has 0 aliphatic heterocycles. The van der Waals surface area contributed by atoms with Gasteiger partial charge in [0, 0.05) is 12.6 Å². The van der Waals surface area contributed by atoms with Gasteiger partial charge in [-0.05, 0) is 19.8 Å². The average Bonchev–Trinajstić information content (AvgIpc) is 2.18. The van der Waals surface area contributed by atoms with Crippen molar-refractivity contribution in [3.05, 3.63) is 0 Å². The predicted octanol–water partition coefficient (Wildman–Crippen LogP) is 1.20. The summed E-state index contributed by atoms with van der Waals surface area (Å²) >= 11 is 0. The molecular formula is C11H21NO2. The molecule has 1 aliphatic rings. The Kier molecular flexibility index (Phi) is 5.12. The molecule has 0 atom stereocenters. The van der Waals surface area contributed by atoms with Gasteiger partial charge in [0.25, 0.3) is 0 Å².